The second-order valence-corrected chi connectivity index (χ2v) is 10.2. The highest BCUT2D eigenvalue weighted by atomic mass is 16.5. The van der Waals surface area contributed by atoms with Gasteiger partial charge < -0.3 is 4.74 Å². The Labute approximate surface area is 155 Å². The SMILES string of the molecule is C=C1C(=O)[C@@]23CC(=O)[C@@H]4C(C)(C)CCC[C@@]4(C)[C@@H]2[C@@H](OC(C)=O)C[C@@H]1C3. The van der Waals surface area contributed by atoms with E-state index in [2.05, 4.69) is 27.4 Å². The largest absolute Gasteiger partial charge is 0.462 e. The smallest absolute Gasteiger partial charge is 0.302 e. The molecule has 1 spiro atoms. The third-order valence-electron chi connectivity index (χ3n) is 8.15. The molecule has 4 aliphatic carbocycles. The van der Waals surface area contributed by atoms with Crippen LogP contribution >= 0.6 is 0 Å². The van der Waals surface area contributed by atoms with Crippen molar-refractivity contribution in [1.29, 1.82) is 0 Å². The maximum Gasteiger partial charge on any atom is 0.302 e. The molecule has 26 heavy (non-hydrogen) atoms. The van der Waals surface area contributed by atoms with Crippen LogP contribution in [-0.2, 0) is 19.1 Å². The van der Waals surface area contributed by atoms with Crippen molar-refractivity contribution >= 4 is 17.5 Å². The Morgan fingerprint density at radius 2 is 1.88 bits per heavy atom. The van der Waals surface area contributed by atoms with Crippen LogP contribution in [0.3, 0.4) is 0 Å². The maximum atomic E-state index is 13.4. The van der Waals surface area contributed by atoms with Gasteiger partial charge in [0.15, 0.2) is 5.78 Å². The lowest BCUT2D eigenvalue weighted by Crippen LogP contribution is -2.64. The number of hydrogen-bond acceptors (Lipinski definition) is 4. The van der Waals surface area contributed by atoms with Crippen LogP contribution in [0.2, 0.25) is 0 Å². The lowest BCUT2D eigenvalue weighted by atomic mass is 9.40. The van der Waals surface area contributed by atoms with E-state index in [-0.39, 0.29) is 52.2 Å². The highest BCUT2D eigenvalue weighted by molar-refractivity contribution is 6.06. The summed E-state index contributed by atoms with van der Waals surface area (Å²) in [5.41, 5.74) is -0.435. The van der Waals surface area contributed by atoms with Crippen molar-refractivity contribution in [1.82, 2.24) is 0 Å². The van der Waals surface area contributed by atoms with Crippen molar-refractivity contribution in [2.45, 2.75) is 72.3 Å². The predicted molar refractivity (Wildman–Crippen MR) is 97.2 cm³/mol. The predicted octanol–water partition coefficient (Wildman–Crippen LogP) is 3.88. The van der Waals surface area contributed by atoms with E-state index in [0.717, 1.165) is 19.3 Å². The van der Waals surface area contributed by atoms with Crippen molar-refractivity contribution < 1.29 is 19.1 Å². The summed E-state index contributed by atoms with van der Waals surface area (Å²) >= 11 is 0. The first-order valence-corrected chi connectivity index (χ1v) is 9.96. The Bertz CT molecular complexity index is 720. The quantitative estimate of drug-likeness (QED) is 0.527. The number of carbonyl (C=O) groups excluding carboxylic acids is 3. The molecule has 4 saturated carbocycles. The van der Waals surface area contributed by atoms with Crippen LogP contribution < -0.4 is 0 Å². The molecule has 0 radical (unpaired) electrons. The molecular weight excluding hydrogens is 328 g/mol. The minimum Gasteiger partial charge on any atom is -0.462 e. The minimum atomic E-state index is -0.699. The van der Waals surface area contributed by atoms with Gasteiger partial charge in [-0.1, -0.05) is 33.8 Å². The van der Waals surface area contributed by atoms with Gasteiger partial charge in [0.2, 0.25) is 0 Å². The summed E-state index contributed by atoms with van der Waals surface area (Å²) in [4.78, 5) is 38.5. The molecule has 0 amide bonds. The summed E-state index contributed by atoms with van der Waals surface area (Å²) in [5.74, 6) is -0.0959. The molecule has 0 saturated heterocycles. The number of ketones is 2. The van der Waals surface area contributed by atoms with Gasteiger partial charge in [-0.3, -0.25) is 14.4 Å². The number of carbonyl (C=O) groups is 3. The zero-order chi connectivity index (χ0) is 19.1. The van der Waals surface area contributed by atoms with E-state index in [0.29, 0.717) is 24.8 Å². The molecule has 0 aromatic carbocycles. The van der Waals surface area contributed by atoms with Gasteiger partial charge in [0.05, 0.1) is 0 Å². The molecule has 142 valence electrons. The van der Waals surface area contributed by atoms with Crippen molar-refractivity contribution in [3.05, 3.63) is 12.2 Å². The number of fused-ring (bicyclic) bond motifs is 3. The zero-order valence-corrected chi connectivity index (χ0v) is 16.4. The molecule has 4 fully saturated rings. The average molecular weight is 358 g/mol. The standard InChI is InChI=1S/C22H30O4/c1-12-14-9-16(26-13(2)23)18-21(5)8-6-7-20(3,4)17(21)15(24)11-22(18,10-14)19(12)25/h14,16-18H,1,6-11H2,2-5H3/t14-,16+,17-,18+,21-,22+/m1/s1. The normalized spacial score (nSPS) is 46.5. The van der Waals surface area contributed by atoms with Crippen molar-refractivity contribution in [2.24, 2.45) is 34.0 Å². The fourth-order valence-corrected chi connectivity index (χ4v) is 7.73. The fourth-order valence-electron chi connectivity index (χ4n) is 7.73. The number of Topliss-reactive ketones (excluding diaryl/α,β-unsaturated/α-hetero) is 2. The van der Waals surface area contributed by atoms with Gasteiger partial charge in [0, 0.05) is 30.6 Å². The minimum absolute atomic E-state index is 0.0488. The molecule has 2 bridgehead atoms. The number of ether oxygens (including phenoxy) is 1. The van der Waals surface area contributed by atoms with Gasteiger partial charge in [-0.2, -0.15) is 0 Å². The van der Waals surface area contributed by atoms with Gasteiger partial charge >= 0.3 is 5.97 Å². The van der Waals surface area contributed by atoms with E-state index in [1.165, 1.54) is 6.92 Å². The van der Waals surface area contributed by atoms with Gasteiger partial charge in [0.25, 0.3) is 0 Å². The van der Waals surface area contributed by atoms with Crippen LogP contribution in [0.15, 0.2) is 12.2 Å². The first kappa shape index (κ1) is 17.9. The first-order chi connectivity index (χ1) is 12.0. The Balaban J connectivity index is 1.89. The summed E-state index contributed by atoms with van der Waals surface area (Å²) in [7, 11) is 0. The number of esters is 1. The zero-order valence-electron chi connectivity index (χ0n) is 16.4. The number of hydrogen-bond donors (Lipinski definition) is 0. The Hall–Kier alpha value is -1.45. The van der Waals surface area contributed by atoms with E-state index in [9.17, 15) is 14.4 Å². The van der Waals surface area contributed by atoms with Crippen LogP contribution in [0.1, 0.15) is 66.2 Å². The van der Waals surface area contributed by atoms with Crippen molar-refractivity contribution in [3.8, 4) is 0 Å². The van der Waals surface area contributed by atoms with Crippen molar-refractivity contribution in [2.75, 3.05) is 0 Å². The third kappa shape index (κ3) is 2.10. The summed E-state index contributed by atoms with van der Waals surface area (Å²) in [5, 5.41) is 0. The second kappa shape index (κ2) is 5.30. The summed E-state index contributed by atoms with van der Waals surface area (Å²) in [6.07, 6.45) is 4.39. The molecule has 4 nitrogen and oxygen atoms in total. The summed E-state index contributed by atoms with van der Waals surface area (Å²) < 4.78 is 5.81. The van der Waals surface area contributed by atoms with Crippen LogP contribution in [0.25, 0.3) is 0 Å². The molecule has 4 heteroatoms. The summed E-state index contributed by atoms with van der Waals surface area (Å²) in [6, 6.07) is 0. The monoisotopic (exact) mass is 358 g/mol. The van der Waals surface area contributed by atoms with E-state index in [1.54, 1.807) is 0 Å². The van der Waals surface area contributed by atoms with Crippen molar-refractivity contribution in [3.63, 3.8) is 0 Å². The topological polar surface area (TPSA) is 60.4 Å². The maximum absolute atomic E-state index is 13.4. The van der Waals surface area contributed by atoms with Gasteiger partial charge in [0.1, 0.15) is 11.9 Å². The van der Waals surface area contributed by atoms with Crippen LogP contribution in [-0.4, -0.2) is 23.6 Å². The Morgan fingerprint density at radius 1 is 1.19 bits per heavy atom. The highest BCUT2D eigenvalue weighted by Gasteiger charge is 2.72. The Morgan fingerprint density at radius 3 is 2.54 bits per heavy atom. The van der Waals surface area contributed by atoms with E-state index in [1.807, 2.05) is 0 Å². The molecule has 0 unspecified atom stereocenters. The third-order valence-corrected chi connectivity index (χ3v) is 8.15. The Kier molecular flexibility index (Phi) is 3.65. The molecule has 0 aromatic rings. The lowest BCUT2D eigenvalue weighted by molar-refractivity contribution is -0.200. The fraction of sp³-hybridized carbons (Fsp3) is 0.773. The van der Waals surface area contributed by atoms with E-state index < -0.39 is 5.41 Å². The second-order valence-electron chi connectivity index (χ2n) is 10.2. The first-order valence-electron chi connectivity index (χ1n) is 9.96. The van der Waals surface area contributed by atoms with Crippen LogP contribution in [0, 0.1) is 34.0 Å². The van der Waals surface area contributed by atoms with Crippen LogP contribution in [0.5, 0.6) is 0 Å². The van der Waals surface area contributed by atoms with Gasteiger partial charge in [-0.25, -0.2) is 0 Å². The molecule has 4 aliphatic rings. The van der Waals surface area contributed by atoms with E-state index >= 15 is 0 Å². The molecule has 0 heterocycles. The molecule has 6 atom stereocenters. The van der Waals surface area contributed by atoms with E-state index in [4.69, 9.17) is 4.74 Å². The van der Waals surface area contributed by atoms with Gasteiger partial charge in [-0.15, -0.1) is 0 Å². The van der Waals surface area contributed by atoms with Crippen LogP contribution in [0.4, 0.5) is 0 Å². The average Bonchev–Trinajstić information content (AvgIpc) is 2.66. The summed E-state index contributed by atoms with van der Waals surface area (Å²) in [6.45, 7) is 12.1. The highest BCUT2D eigenvalue weighted by Crippen LogP contribution is 2.70. The molecule has 4 rings (SSSR count). The molecular formula is C22H30O4. The number of rotatable bonds is 1. The van der Waals surface area contributed by atoms with Gasteiger partial charge in [-0.05, 0) is 48.0 Å². The molecule has 0 aromatic heterocycles. The lowest BCUT2D eigenvalue weighted by Gasteiger charge is -2.63. The number of allylic oxidation sites excluding steroid dienone is 1. The molecule has 0 N–H and O–H groups in total. The molecule has 0 aliphatic heterocycles.